The van der Waals surface area contributed by atoms with Crippen molar-refractivity contribution in [1.29, 1.82) is 0 Å². The molecule has 0 saturated carbocycles. The second kappa shape index (κ2) is 12.4. The predicted octanol–water partition coefficient (Wildman–Crippen LogP) is 7.03. The van der Waals surface area contributed by atoms with E-state index in [-0.39, 0.29) is 11.5 Å². The number of ether oxygens (including phenoxy) is 1. The number of methoxy groups -OCH3 is 1. The molecule has 4 heterocycles. The summed E-state index contributed by atoms with van der Waals surface area (Å²) in [6.07, 6.45) is 5.17. The summed E-state index contributed by atoms with van der Waals surface area (Å²) in [5.41, 5.74) is 6.04. The Kier molecular flexibility index (Phi) is 8.03. The molecular weight excluding hydrogens is 609 g/mol. The van der Waals surface area contributed by atoms with E-state index in [1.807, 2.05) is 98.4 Å². The number of rotatable bonds is 8. The highest BCUT2D eigenvalue weighted by molar-refractivity contribution is 8.18. The van der Waals surface area contributed by atoms with Crippen LogP contribution in [0.15, 0.2) is 99.8 Å². The Balaban J connectivity index is 1.26. The smallest absolute Gasteiger partial charge is 0.280 e. The van der Waals surface area contributed by atoms with Gasteiger partial charge in [-0.2, -0.15) is 4.68 Å². The van der Waals surface area contributed by atoms with Gasteiger partial charge in [-0.25, -0.2) is 9.98 Å². The Morgan fingerprint density at radius 1 is 0.957 bits per heavy atom. The second-order valence-corrected chi connectivity index (χ2v) is 12.4. The Hall–Kier alpha value is -5.35. The quantitative estimate of drug-likeness (QED) is 0.180. The largest absolute Gasteiger partial charge is 0.497 e. The molecule has 3 aromatic carbocycles. The molecule has 0 spiro atoms. The number of benzene rings is 3. The number of hydrogen-bond acceptors (Lipinski definition) is 6. The van der Waals surface area contributed by atoms with Gasteiger partial charge in [0.25, 0.3) is 11.5 Å². The molecule has 1 saturated heterocycles. The molecule has 1 N–H and O–H groups in total. The second-order valence-electron chi connectivity index (χ2n) is 11.4. The average Bonchev–Trinajstić information content (AvgIpc) is 3.72. The van der Waals surface area contributed by atoms with Gasteiger partial charge in [0.15, 0.2) is 5.17 Å². The van der Waals surface area contributed by atoms with Crippen molar-refractivity contribution in [3.8, 4) is 5.75 Å². The van der Waals surface area contributed by atoms with Crippen LogP contribution in [-0.4, -0.2) is 48.9 Å². The molecule has 1 aliphatic heterocycles. The Labute approximate surface area is 276 Å². The highest BCUT2D eigenvalue weighted by Crippen LogP contribution is 2.36. The predicted molar refractivity (Wildman–Crippen MR) is 189 cm³/mol. The number of H-pyrrole nitrogens is 1. The van der Waals surface area contributed by atoms with Crippen LogP contribution in [0.5, 0.6) is 5.75 Å². The summed E-state index contributed by atoms with van der Waals surface area (Å²) in [4.78, 5) is 43.2. The molecule has 1 aliphatic rings. The summed E-state index contributed by atoms with van der Waals surface area (Å²) in [6.45, 7) is 6.39. The SMILES string of the molecule is CCc1nc2ccccc2c(=O)n1-n1c(C)cc(C=C2SC(=Nc3ccc(OC)cc3)N(CCc3c[nH]c4ccccc34)C2=O)c1C. The number of nitrogens with zero attached hydrogens (tertiary/aromatic N) is 5. The van der Waals surface area contributed by atoms with Crippen LogP contribution in [0.1, 0.15) is 35.3 Å². The fourth-order valence-corrected chi connectivity index (χ4v) is 7.12. The molecule has 3 aromatic heterocycles. The van der Waals surface area contributed by atoms with Crippen molar-refractivity contribution in [3.05, 3.63) is 129 Å². The molecule has 0 unspecified atom stereocenters. The molecule has 0 bridgehead atoms. The molecule has 1 fully saturated rings. The van der Waals surface area contributed by atoms with Gasteiger partial charge in [-0.05, 0) is 97.8 Å². The van der Waals surface area contributed by atoms with Crippen molar-refractivity contribution < 1.29 is 9.53 Å². The topological polar surface area (TPSA) is 97.5 Å². The van der Waals surface area contributed by atoms with Crippen LogP contribution in [-0.2, 0) is 17.6 Å². The first kappa shape index (κ1) is 30.3. The maximum absolute atomic E-state index is 14.1. The number of fused-ring (bicyclic) bond motifs is 2. The normalized spacial score (nSPS) is 15.1. The lowest BCUT2D eigenvalue weighted by Crippen LogP contribution is -2.32. The van der Waals surface area contributed by atoms with Crippen molar-refractivity contribution in [2.45, 2.75) is 33.6 Å². The lowest BCUT2D eigenvalue weighted by Gasteiger charge is -2.17. The van der Waals surface area contributed by atoms with E-state index in [2.05, 4.69) is 17.1 Å². The minimum atomic E-state index is -0.128. The minimum Gasteiger partial charge on any atom is -0.497 e. The van der Waals surface area contributed by atoms with Gasteiger partial charge < -0.3 is 9.72 Å². The van der Waals surface area contributed by atoms with Crippen molar-refractivity contribution in [2.75, 3.05) is 13.7 Å². The lowest BCUT2D eigenvalue weighted by molar-refractivity contribution is -0.122. The first-order chi connectivity index (χ1) is 22.9. The first-order valence-corrected chi connectivity index (χ1v) is 16.4. The van der Waals surface area contributed by atoms with Gasteiger partial charge in [-0.3, -0.25) is 19.2 Å². The number of amides is 1. The fraction of sp³-hybridized carbons (Fsp3) is 0.189. The molecular formula is C37H34N6O3S. The molecule has 9 nitrogen and oxygen atoms in total. The molecule has 0 atom stereocenters. The van der Waals surface area contributed by atoms with Crippen molar-refractivity contribution in [2.24, 2.45) is 4.99 Å². The van der Waals surface area contributed by atoms with Crippen LogP contribution < -0.4 is 10.3 Å². The zero-order valence-corrected chi connectivity index (χ0v) is 27.5. The third-order valence-electron chi connectivity index (χ3n) is 8.52. The third-order valence-corrected chi connectivity index (χ3v) is 9.53. The minimum absolute atomic E-state index is 0.106. The van der Waals surface area contributed by atoms with Gasteiger partial charge in [-0.1, -0.05) is 37.3 Å². The molecule has 47 heavy (non-hydrogen) atoms. The number of aromatic nitrogens is 4. The molecule has 6 aromatic rings. The molecule has 7 rings (SSSR count). The Morgan fingerprint density at radius 2 is 1.70 bits per heavy atom. The number of aliphatic imine (C=N–C) groups is 1. The van der Waals surface area contributed by atoms with E-state index in [4.69, 9.17) is 14.7 Å². The zero-order chi connectivity index (χ0) is 32.7. The molecule has 0 radical (unpaired) electrons. The van der Waals surface area contributed by atoms with Gasteiger partial charge in [0.05, 0.1) is 28.6 Å². The van der Waals surface area contributed by atoms with E-state index in [9.17, 15) is 9.59 Å². The van der Waals surface area contributed by atoms with Crippen LogP contribution in [0.25, 0.3) is 27.9 Å². The van der Waals surface area contributed by atoms with E-state index < -0.39 is 0 Å². The number of carbonyl (C=O) groups excluding carboxylic acids is 1. The summed E-state index contributed by atoms with van der Waals surface area (Å²) < 4.78 is 8.87. The summed E-state index contributed by atoms with van der Waals surface area (Å²) >= 11 is 1.36. The van der Waals surface area contributed by atoms with E-state index in [0.717, 1.165) is 44.9 Å². The third kappa shape index (κ3) is 5.54. The summed E-state index contributed by atoms with van der Waals surface area (Å²) in [6, 6.07) is 25.1. The van der Waals surface area contributed by atoms with Gasteiger partial charge in [0.2, 0.25) is 0 Å². The van der Waals surface area contributed by atoms with Gasteiger partial charge >= 0.3 is 0 Å². The van der Waals surface area contributed by atoms with Crippen molar-refractivity contribution >= 4 is 56.4 Å². The number of para-hydroxylation sites is 2. The number of aromatic amines is 1. The molecule has 0 aliphatic carbocycles. The van der Waals surface area contributed by atoms with Gasteiger partial charge in [0.1, 0.15) is 11.6 Å². The van der Waals surface area contributed by atoms with Crippen LogP contribution in [0, 0.1) is 13.8 Å². The fourth-order valence-electron chi connectivity index (χ4n) is 6.10. The molecule has 10 heteroatoms. The molecule has 1 amide bonds. The number of amidine groups is 1. The highest BCUT2D eigenvalue weighted by Gasteiger charge is 2.34. The first-order valence-electron chi connectivity index (χ1n) is 15.6. The number of thioether (sulfide) groups is 1. The standard InChI is InChI=1S/C37H34N6O3S/c1-5-34-40-32-13-9-7-11-30(32)35(44)43(34)42-23(2)20-26(24(42)3)21-33-36(45)41(19-18-25-22-38-31-12-8-6-10-29(25)31)37(47-33)39-27-14-16-28(46-4)17-15-27/h6-17,20-22,38H,5,18-19H2,1-4H3. The Morgan fingerprint density at radius 3 is 2.47 bits per heavy atom. The number of hydrogen-bond donors (Lipinski definition) is 1. The van der Waals surface area contributed by atoms with Crippen molar-refractivity contribution in [1.82, 2.24) is 24.2 Å². The maximum atomic E-state index is 14.1. The summed E-state index contributed by atoms with van der Waals surface area (Å²) in [5, 5.41) is 2.32. The number of aryl methyl sites for hydroxylation is 2. The maximum Gasteiger partial charge on any atom is 0.280 e. The van der Waals surface area contributed by atoms with Crippen LogP contribution in [0.3, 0.4) is 0 Å². The molecule has 236 valence electrons. The van der Waals surface area contributed by atoms with E-state index in [0.29, 0.717) is 46.2 Å². The van der Waals surface area contributed by atoms with E-state index in [1.54, 1.807) is 22.8 Å². The van der Waals surface area contributed by atoms with Crippen LogP contribution in [0.4, 0.5) is 5.69 Å². The number of carbonyl (C=O) groups is 1. The average molecular weight is 643 g/mol. The zero-order valence-electron chi connectivity index (χ0n) is 26.7. The van der Waals surface area contributed by atoms with Gasteiger partial charge in [0, 0.05) is 41.5 Å². The summed E-state index contributed by atoms with van der Waals surface area (Å²) in [7, 11) is 1.63. The van der Waals surface area contributed by atoms with Crippen LogP contribution >= 0.6 is 11.8 Å². The van der Waals surface area contributed by atoms with E-state index >= 15 is 0 Å². The Bertz CT molecular complexity index is 2280. The monoisotopic (exact) mass is 642 g/mol. The van der Waals surface area contributed by atoms with Crippen molar-refractivity contribution in [3.63, 3.8) is 0 Å². The lowest BCUT2D eigenvalue weighted by atomic mass is 10.1. The highest BCUT2D eigenvalue weighted by atomic mass is 32.2. The van der Waals surface area contributed by atoms with Gasteiger partial charge in [-0.15, -0.1) is 0 Å². The van der Waals surface area contributed by atoms with Crippen LogP contribution in [0.2, 0.25) is 0 Å². The number of nitrogens with one attached hydrogen (secondary N) is 1. The summed E-state index contributed by atoms with van der Waals surface area (Å²) in [5.74, 6) is 1.30. The van der Waals surface area contributed by atoms with E-state index in [1.165, 1.54) is 11.8 Å².